The zero-order valence-corrected chi connectivity index (χ0v) is 15.0. The Morgan fingerprint density at radius 2 is 1.86 bits per heavy atom. The molecule has 146 valence electrons. The number of amides is 1. The third kappa shape index (κ3) is 3.54. The van der Waals surface area contributed by atoms with E-state index in [0.717, 1.165) is 12.8 Å². The van der Waals surface area contributed by atoms with Crippen molar-refractivity contribution in [2.45, 2.75) is 31.2 Å². The average molecular weight is 387 g/mol. The zero-order chi connectivity index (χ0) is 19.8. The van der Waals surface area contributed by atoms with Crippen LogP contribution in [0.5, 0.6) is 0 Å². The van der Waals surface area contributed by atoms with Crippen molar-refractivity contribution in [2.75, 3.05) is 18.0 Å². The molecule has 0 radical (unpaired) electrons. The summed E-state index contributed by atoms with van der Waals surface area (Å²) in [4.78, 5) is 25.0. The third-order valence-electron chi connectivity index (χ3n) is 5.28. The summed E-state index contributed by atoms with van der Waals surface area (Å²) in [5, 5.41) is 14.4. The summed E-state index contributed by atoms with van der Waals surface area (Å²) in [6.45, 7) is 0.708. The molecule has 28 heavy (non-hydrogen) atoms. The van der Waals surface area contributed by atoms with Crippen LogP contribution in [-0.2, 0) is 0 Å². The van der Waals surface area contributed by atoms with Gasteiger partial charge in [0.05, 0.1) is 4.92 Å². The van der Waals surface area contributed by atoms with Crippen molar-refractivity contribution in [2.24, 2.45) is 0 Å². The number of anilines is 1. The maximum atomic E-state index is 14.1. The van der Waals surface area contributed by atoms with Crippen LogP contribution in [0.1, 0.15) is 41.1 Å². The molecular formula is C20H19F2N3O3. The molecule has 1 saturated carbocycles. The second-order valence-electron chi connectivity index (χ2n) is 7.28. The van der Waals surface area contributed by atoms with Crippen molar-refractivity contribution in [1.82, 2.24) is 5.32 Å². The van der Waals surface area contributed by atoms with Gasteiger partial charge in [0.1, 0.15) is 17.3 Å². The van der Waals surface area contributed by atoms with Crippen molar-refractivity contribution in [3.8, 4) is 0 Å². The highest BCUT2D eigenvalue weighted by molar-refractivity contribution is 5.96. The fourth-order valence-electron chi connectivity index (χ4n) is 3.69. The lowest BCUT2D eigenvalue weighted by Crippen LogP contribution is -2.26. The van der Waals surface area contributed by atoms with Crippen molar-refractivity contribution < 1.29 is 18.5 Å². The first-order valence-electron chi connectivity index (χ1n) is 9.22. The van der Waals surface area contributed by atoms with Gasteiger partial charge in [0.15, 0.2) is 0 Å². The maximum absolute atomic E-state index is 14.1. The highest BCUT2D eigenvalue weighted by Crippen LogP contribution is 2.37. The minimum Gasteiger partial charge on any atom is -0.365 e. The van der Waals surface area contributed by atoms with Crippen LogP contribution >= 0.6 is 0 Å². The van der Waals surface area contributed by atoms with Crippen LogP contribution in [0.15, 0.2) is 36.4 Å². The van der Waals surface area contributed by atoms with E-state index in [1.54, 1.807) is 17.0 Å². The van der Waals surface area contributed by atoms with Gasteiger partial charge in [-0.2, -0.15) is 0 Å². The quantitative estimate of drug-likeness (QED) is 0.626. The highest BCUT2D eigenvalue weighted by Gasteiger charge is 2.32. The molecule has 1 amide bonds. The number of nitro groups is 1. The first-order chi connectivity index (χ1) is 13.4. The standard InChI is InChI=1S/C20H19F2N3O3/c21-15-2-1-3-16(22)19(15)13-8-9-24(11-13)17-7-4-12(10-18(17)25(27)28)20(26)23-14-5-6-14/h1-4,7,10,13-14H,5-6,8-9,11H2,(H,23,26). The number of halogens is 2. The second-order valence-corrected chi connectivity index (χ2v) is 7.28. The molecule has 0 aromatic heterocycles. The van der Waals surface area contributed by atoms with Crippen LogP contribution in [-0.4, -0.2) is 30.0 Å². The van der Waals surface area contributed by atoms with E-state index in [0.29, 0.717) is 18.7 Å². The molecule has 1 atom stereocenters. The lowest BCUT2D eigenvalue weighted by atomic mass is 9.97. The Bertz CT molecular complexity index is 926. The number of benzene rings is 2. The molecule has 1 heterocycles. The zero-order valence-electron chi connectivity index (χ0n) is 15.0. The fourth-order valence-corrected chi connectivity index (χ4v) is 3.69. The van der Waals surface area contributed by atoms with E-state index in [9.17, 15) is 23.7 Å². The Morgan fingerprint density at radius 3 is 2.50 bits per heavy atom. The number of nitro benzene ring substituents is 1. The number of hydrogen-bond donors (Lipinski definition) is 1. The molecule has 0 bridgehead atoms. The summed E-state index contributed by atoms with van der Waals surface area (Å²) in [5.74, 6) is -1.93. The van der Waals surface area contributed by atoms with Crippen LogP contribution in [0.3, 0.4) is 0 Å². The Balaban J connectivity index is 1.58. The molecule has 2 aliphatic rings. The molecule has 6 nitrogen and oxygen atoms in total. The van der Waals surface area contributed by atoms with Gasteiger partial charge in [-0.15, -0.1) is 0 Å². The molecule has 2 fully saturated rings. The first kappa shape index (κ1) is 18.3. The summed E-state index contributed by atoms with van der Waals surface area (Å²) in [6, 6.07) is 8.27. The summed E-state index contributed by atoms with van der Waals surface area (Å²) >= 11 is 0. The Morgan fingerprint density at radius 1 is 1.14 bits per heavy atom. The van der Waals surface area contributed by atoms with Crippen LogP contribution < -0.4 is 10.2 Å². The molecule has 1 unspecified atom stereocenters. The molecule has 2 aromatic carbocycles. The Labute approximate surface area is 160 Å². The topological polar surface area (TPSA) is 75.5 Å². The third-order valence-corrected chi connectivity index (χ3v) is 5.28. The minimum atomic E-state index is -0.603. The van der Waals surface area contributed by atoms with Gasteiger partial charge in [0.25, 0.3) is 11.6 Å². The predicted molar refractivity (Wildman–Crippen MR) is 99.5 cm³/mol. The summed E-state index contributed by atoms with van der Waals surface area (Å²) in [5.41, 5.74) is 0.427. The van der Waals surface area contributed by atoms with E-state index in [2.05, 4.69) is 5.32 Å². The summed E-state index contributed by atoms with van der Waals surface area (Å²) in [7, 11) is 0. The van der Waals surface area contributed by atoms with Crippen molar-refractivity contribution in [3.63, 3.8) is 0 Å². The van der Waals surface area contributed by atoms with Crippen LogP contribution in [0.4, 0.5) is 20.2 Å². The molecule has 1 saturated heterocycles. The van der Waals surface area contributed by atoms with Gasteiger partial charge in [-0.1, -0.05) is 6.07 Å². The van der Waals surface area contributed by atoms with E-state index < -0.39 is 22.5 Å². The largest absolute Gasteiger partial charge is 0.365 e. The van der Waals surface area contributed by atoms with Gasteiger partial charge in [-0.3, -0.25) is 14.9 Å². The van der Waals surface area contributed by atoms with Gasteiger partial charge < -0.3 is 10.2 Å². The van der Waals surface area contributed by atoms with Crippen LogP contribution in [0.25, 0.3) is 0 Å². The number of nitrogens with zero attached hydrogens (tertiary/aromatic N) is 2. The summed E-state index contributed by atoms with van der Waals surface area (Å²) < 4.78 is 28.2. The molecule has 2 aromatic rings. The molecule has 4 rings (SSSR count). The van der Waals surface area contributed by atoms with Crippen molar-refractivity contribution in [1.29, 1.82) is 0 Å². The Kier molecular flexibility index (Phi) is 4.70. The molecule has 1 aliphatic heterocycles. The van der Waals surface area contributed by atoms with E-state index in [-0.39, 0.29) is 35.3 Å². The van der Waals surface area contributed by atoms with Crippen LogP contribution in [0, 0.1) is 21.7 Å². The number of carbonyl (C=O) groups is 1. The van der Waals surface area contributed by atoms with Gasteiger partial charge in [-0.25, -0.2) is 8.78 Å². The lowest BCUT2D eigenvalue weighted by Gasteiger charge is -2.19. The second kappa shape index (κ2) is 7.18. The normalized spacial score (nSPS) is 18.9. The number of rotatable bonds is 5. The van der Waals surface area contributed by atoms with E-state index in [1.165, 1.54) is 24.3 Å². The SMILES string of the molecule is O=C(NC1CC1)c1ccc(N2CCC(c3c(F)cccc3F)C2)c([N+](=O)[O-])c1. The van der Waals surface area contributed by atoms with Crippen molar-refractivity contribution in [3.05, 3.63) is 69.3 Å². The van der Waals surface area contributed by atoms with Gasteiger partial charge in [0, 0.05) is 42.2 Å². The predicted octanol–water partition coefficient (Wildman–Crippen LogP) is 3.76. The maximum Gasteiger partial charge on any atom is 0.293 e. The number of hydrogen-bond acceptors (Lipinski definition) is 4. The number of nitrogens with one attached hydrogen (secondary N) is 1. The van der Waals surface area contributed by atoms with Gasteiger partial charge in [-0.05, 0) is 43.5 Å². The smallest absolute Gasteiger partial charge is 0.293 e. The molecule has 8 heteroatoms. The van der Waals surface area contributed by atoms with Gasteiger partial charge >= 0.3 is 0 Å². The summed E-state index contributed by atoms with van der Waals surface area (Å²) in [6.07, 6.45) is 2.33. The monoisotopic (exact) mass is 387 g/mol. The minimum absolute atomic E-state index is 0.0214. The highest BCUT2D eigenvalue weighted by atomic mass is 19.1. The number of carbonyl (C=O) groups excluding carboxylic acids is 1. The average Bonchev–Trinajstić information content (AvgIpc) is 3.35. The molecule has 1 N–H and O–H groups in total. The molecule has 1 aliphatic carbocycles. The Hall–Kier alpha value is -3.03. The van der Waals surface area contributed by atoms with Crippen LogP contribution in [0.2, 0.25) is 0 Å². The lowest BCUT2D eigenvalue weighted by molar-refractivity contribution is -0.384. The van der Waals surface area contributed by atoms with E-state index in [4.69, 9.17) is 0 Å². The molecular weight excluding hydrogens is 368 g/mol. The fraction of sp³-hybridized carbons (Fsp3) is 0.350. The molecule has 0 spiro atoms. The van der Waals surface area contributed by atoms with E-state index in [1.807, 2.05) is 0 Å². The first-order valence-corrected chi connectivity index (χ1v) is 9.22. The van der Waals surface area contributed by atoms with E-state index >= 15 is 0 Å². The van der Waals surface area contributed by atoms with Gasteiger partial charge in [0.2, 0.25) is 0 Å². The van der Waals surface area contributed by atoms with Crippen molar-refractivity contribution >= 4 is 17.3 Å².